The van der Waals surface area contributed by atoms with Gasteiger partial charge in [-0.15, -0.1) is 0 Å². The molecular formula is C18H16N2O3. The molecular weight excluding hydrogens is 292 g/mol. The van der Waals surface area contributed by atoms with Crippen LogP contribution in [-0.4, -0.2) is 23.2 Å². The summed E-state index contributed by atoms with van der Waals surface area (Å²) < 4.78 is 5.21. The highest BCUT2D eigenvalue weighted by molar-refractivity contribution is 5.98. The summed E-state index contributed by atoms with van der Waals surface area (Å²) in [7, 11) is 1.60. The molecule has 5 nitrogen and oxygen atoms in total. The number of aromatic nitrogens is 1. The predicted octanol–water partition coefficient (Wildman–Crippen LogP) is 3.99. The number of hydrogen-bond donors (Lipinski definition) is 2. The van der Waals surface area contributed by atoms with E-state index in [0.717, 1.165) is 22.4 Å². The van der Waals surface area contributed by atoms with Gasteiger partial charge in [0.15, 0.2) is 5.69 Å². The molecule has 1 aromatic heterocycles. The fourth-order valence-electron chi connectivity index (χ4n) is 2.41. The van der Waals surface area contributed by atoms with Crippen molar-refractivity contribution in [1.29, 1.82) is 0 Å². The maximum Gasteiger partial charge on any atom is 0.354 e. The van der Waals surface area contributed by atoms with Crippen LogP contribution in [0, 0.1) is 6.92 Å². The van der Waals surface area contributed by atoms with Crippen molar-refractivity contribution in [3.05, 3.63) is 59.8 Å². The summed E-state index contributed by atoms with van der Waals surface area (Å²) in [6.07, 6.45) is 0. The van der Waals surface area contributed by atoms with Crippen LogP contribution in [0.1, 0.15) is 16.1 Å². The number of ether oxygens (including phenoxy) is 1. The molecule has 0 amide bonds. The molecule has 0 fully saturated rings. The average Bonchev–Trinajstić information content (AvgIpc) is 2.55. The number of nitrogens with zero attached hydrogens (tertiary/aromatic N) is 1. The second-order valence-corrected chi connectivity index (χ2v) is 5.24. The molecule has 23 heavy (non-hydrogen) atoms. The molecule has 5 heteroatoms. The third kappa shape index (κ3) is 3.08. The van der Waals surface area contributed by atoms with Crippen LogP contribution in [-0.2, 0) is 0 Å². The van der Waals surface area contributed by atoms with E-state index in [2.05, 4.69) is 10.3 Å². The standard InChI is InChI=1S/C18H16N2O3/c1-11-6-7-15-14(8-11)16(10-17(20-15)18(21)22)19-12-4-3-5-13(9-12)23-2/h3-10H,1-2H3,(H,19,20)(H,21,22). The number of anilines is 2. The van der Waals surface area contributed by atoms with E-state index < -0.39 is 5.97 Å². The summed E-state index contributed by atoms with van der Waals surface area (Å²) in [6, 6.07) is 14.7. The number of nitrogens with one attached hydrogen (secondary N) is 1. The topological polar surface area (TPSA) is 71.5 Å². The Kier molecular flexibility index (Phi) is 3.85. The monoisotopic (exact) mass is 308 g/mol. The first kappa shape index (κ1) is 14.8. The Bertz CT molecular complexity index is 891. The van der Waals surface area contributed by atoms with Crippen molar-refractivity contribution in [3.8, 4) is 5.75 Å². The fraction of sp³-hybridized carbons (Fsp3) is 0.111. The number of carboxylic acid groups (broad SMARTS) is 1. The van der Waals surface area contributed by atoms with E-state index in [1.807, 2.05) is 49.4 Å². The smallest absolute Gasteiger partial charge is 0.354 e. The van der Waals surface area contributed by atoms with Gasteiger partial charge in [0.1, 0.15) is 5.75 Å². The molecule has 0 unspecified atom stereocenters. The van der Waals surface area contributed by atoms with Gasteiger partial charge in [-0.2, -0.15) is 0 Å². The molecule has 0 aliphatic rings. The maximum atomic E-state index is 11.3. The largest absolute Gasteiger partial charge is 0.497 e. The Morgan fingerprint density at radius 2 is 2.00 bits per heavy atom. The zero-order valence-corrected chi connectivity index (χ0v) is 12.8. The van der Waals surface area contributed by atoms with Gasteiger partial charge in [-0.05, 0) is 37.3 Å². The second kappa shape index (κ2) is 5.96. The van der Waals surface area contributed by atoms with Crippen LogP contribution in [0.2, 0.25) is 0 Å². The van der Waals surface area contributed by atoms with Crippen molar-refractivity contribution >= 4 is 28.2 Å². The Morgan fingerprint density at radius 1 is 1.17 bits per heavy atom. The van der Waals surface area contributed by atoms with Crippen molar-refractivity contribution in [3.63, 3.8) is 0 Å². The van der Waals surface area contributed by atoms with E-state index >= 15 is 0 Å². The summed E-state index contributed by atoms with van der Waals surface area (Å²) in [5, 5.41) is 13.4. The number of aromatic carboxylic acids is 1. The van der Waals surface area contributed by atoms with E-state index in [1.54, 1.807) is 13.2 Å². The number of hydrogen-bond acceptors (Lipinski definition) is 4. The molecule has 0 saturated carbocycles. The van der Waals surface area contributed by atoms with Crippen molar-refractivity contribution in [1.82, 2.24) is 4.98 Å². The lowest BCUT2D eigenvalue weighted by Gasteiger charge is -2.12. The van der Waals surface area contributed by atoms with Crippen molar-refractivity contribution < 1.29 is 14.6 Å². The van der Waals surface area contributed by atoms with E-state index in [9.17, 15) is 9.90 Å². The summed E-state index contributed by atoms with van der Waals surface area (Å²) in [6.45, 7) is 1.99. The normalized spacial score (nSPS) is 10.5. The molecule has 2 aromatic carbocycles. The first-order valence-electron chi connectivity index (χ1n) is 7.12. The van der Waals surface area contributed by atoms with E-state index in [-0.39, 0.29) is 5.69 Å². The number of fused-ring (bicyclic) bond motifs is 1. The second-order valence-electron chi connectivity index (χ2n) is 5.24. The number of carbonyl (C=O) groups is 1. The minimum Gasteiger partial charge on any atom is -0.497 e. The van der Waals surface area contributed by atoms with E-state index in [1.165, 1.54) is 0 Å². The molecule has 0 aliphatic heterocycles. The van der Waals surface area contributed by atoms with Crippen LogP contribution in [0.4, 0.5) is 11.4 Å². The SMILES string of the molecule is COc1cccc(Nc2cc(C(=O)O)nc3ccc(C)cc23)c1. The first-order chi connectivity index (χ1) is 11.1. The number of carboxylic acids is 1. The van der Waals surface area contributed by atoms with Gasteiger partial charge in [0.25, 0.3) is 0 Å². The lowest BCUT2D eigenvalue weighted by molar-refractivity contribution is 0.0691. The first-order valence-corrected chi connectivity index (χ1v) is 7.12. The molecule has 0 bridgehead atoms. The molecule has 1 heterocycles. The van der Waals surface area contributed by atoms with Gasteiger partial charge in [-0.1, -0.05) is 17.7 Å². The van der Waals surface area contributed by atoms with Gasteiger partial charge in [-0.25, -0.2) is 9.78 Å². The van der Waals surface area contributed by atoms with Crippen LogP contribution in [0.25, 0.3) is 10.9 Å². The summed E-state index contributed by atoms with van der Waals surface area (Å²) >= 11 is 0. The maximum absolute atomic E-state index is 11.3. The van der Waals surface area contributed by atoms with Gasteiger partial charge >= 0.3 is 5.97 Å². The number of benzene rings is 2. The molecule has 0 saturated heterocycles. The average molecular weight is 308 g/mol. The number of methoxy groups -OCH3 is 1. The third-order valence-electron chi connectivity index (χ3n) is 3.53. The number of rotatable bonds is 4. The summed E-state index contributed by atoms with van der Waals surface area (Å²) in [5.41, 5.74) is 3.24. The quantitative estimate of drug-likeness (QED) is 0.762. The number of aryl methyl sites for hydroxylation is 1. The molecule has 116 valence electrons. The zero-order valence-electron chi connectivity index (χ0n) is 12.8. The van der Waals surface area contributed by atoms with Crippen LogP contribution < -0.4 is 10.1 Å². The number of pyridine rings is 1. The van der Waals surface area contributed by atoms with Gasteiger partial charge < -0.3 is 15.2 Å². The molecule has 3 aromatic rings. The molecule has 0 atom stereocenters. The molecule has 0 radical (unpaired) electrons. The van der Waals surface area contributed by atoms with Crippen LogP contribution >= 0.6 is 0 Å². The van der Waals surface area contributed by atoms with E-state index in [0.29, 0.717) is 11.2 Å². The van der Waals surface area contributed by atoms with Crippen LogP contribution in [0.15, 0.2) is 48.5 Å². The highest BCUT2D eigenvalue weighted by Gasteiger charge is 2.11. The summed E-state index contributed by atoms with van der Waals surface area (Å²) in [4.78, 5) is 15.5. The summed E-state index contributed by atoms with van der Waals surface area (Å²) in [5.74, 6) is -0.329. The lowest BCUT2D eigenvalue weighted by atomic mass is 10.1. The van der Waals surface area contributed by atoms with Gasteiger partial charge in [0.05, 0.1) is 18.3 Å². The Hall–Kier alpha value is -3.08. The van der Waals surface area contributed by atoms with Crippen molar-refractivity contribution in [2.75, 3.05) is 12.4 Å². The Labute approximate surface area is 133 Å². The Morgan fingerprint density at radius 3 is 2.74 bits per heavy atom. The Balaban J connectivity index is 2.13. The lowest BCUT2D eigenvalue weighted by Crippen LogP contribution is -2.03. The van der Waals surface area contributed by atoms with Gasteiger partial charge in [-0.3, -0.25) is 0 Å². The van der Waals surface area contributed by atoms with Gasteiger partial charge in [0, 0.05) is 17.1 Å². The van der Waals surface area contributed by atoms with Gasteiger partial charge in [0.2, 0.25) is 0 Å². The minimum absolute atomic E-state index is 0.00625. The molecule has 3 rings (SSSR count). The predicted molar refractivity (Wildman–Crippen MR) is 89.7 cm³/mol. The third-order valence-corrected chi connectivity index (χ3v) is 3.53. The molecule has 2 N–H and O–H groups in total. The minimum atomic E-state index is -1.05. The van der Waals surface area contributed by atoms with E-state index in [4.69, 9.17) is 4.74 Å². The zero-order chi connectivity index (χ0) is 16.4. The van der Waals surface area contributed by atoms with Crippen molar-refractivity contribution in [2.24, 2.45) is 0 Å². The van der Waals surface area contributed by atoms with Crippen LogP contribution in [0.5, 0.6) is 5.75 Å². The fourth-order valence-corrected chi connectivity index (χ4v) is 2.41. The molecule has 0 spiro atoms. The van der Waals surface area contributed by atoms with Crippen LogP contribution in [0.3, 0.4) is 0 Å². The molecule has 0 aliphatic carbocycles. The highest BCUT2D eigenvalue weighted by Crippen LogP contribution is 2.28. The highest BCUT2D eigenvalue weighted by atomic mass is 16.5. The van der Waals surface area contributed by atoms with Crippen molar-refractivity contribution in [2.45, 2.75) is 6.92 Å².